The Morgan fingerprint density at radius 3 is 2.61 bits per heavy atom. The van der Waals surface area contributed by atoms with Crippen molar-refractivity contribution in [3.05, 3.63) is 54.2 Å². The lowest BCUT2D eigenvalue weighted by molar-refractivity contribution is -0.115. The van der Waals surface area contributed by atoms with Gasteiger partial charge in [0.05, 0.1) is 18.5 Å². The van der Waals surface area contributed by atoms with Crippen LogP contribution in [-0.4, -0.2) is 51.5 Å². The van der Waals surface area contributed by atoms with Crippen LogP contribution in [0.15, 0.2) is 48.7 Å². The molecule has 0 saturated carbocycles. The van der Waals surface area contributed by atoms with Gasteiger partial charge in [0.25, 0.3) is 0 Å². The third-order valence-corrected chi connectivity index (χ3v) is 6.08. The summed E-state index contributed by atoms with van der Waals surface area (Å²) in [5.74, 6) is 0.853. The number of nitrogens with one attached hydrogen (secondary N) is 1. The van der Waals surface area contributed by atoms with Gasteiger partial charge in [0.15, 0.2) is 5.82 Å². The van der Waals surface area contributed by atoms with Crippen molar-refractivity contribution in [2.45, 2.75) is 24.9 Å². The van der Waals surface area contributed by atoms with Crippen LogP contribution in [0.1, 0.15) is 12.0 Å². The summed E-state index contributed by atoms with van der Waals surface area (Å²) in [6.07, 6.45) is 3.10. The molecule has 1 aromatic carbocycles. The number of anilines is 3. The molecule has 2 aliphatic rings. The second kappa shape index (κ2) is 7.16. The largest absolute Gasteiger partial charge is 0.348 e. The summed E-state index contributed by atoms with van der Waals surface area (Å²) >= 11 is 1.43. The molecule has 2 aromatic heterocycles. The monoisotopic (exact) mass is 393 g/mol. The maximum absolute atomic E-state index is 12.2. The third kappa shape index (κ3) is 3.29. The molecule has 0 aliphatic carbocycles. The summed E-state index contributed by atoms with van der Waals surface area (Å²) in [6.45, 7) is 1.78. The van der Waals surface area contributed by atoms with Crippen LogP contribution >= 0.6 is 11.3 Å². The quantitative estimate of drug-likeness (QED) is 0.709. The van der Waals surface area contributed by atoms with Crippen molar-refractivity contribution in [1.82, 2.24) is 20.4 Å². The topological polar surface area (TPSA) is 87.1 Å². The van der Waals surface area contributed by atoms with E-state index in [0.29, 0.717) is 23.6 Å². The van der Waals surface area contributed by atoms with Crippen LogP contribution in [0, 0.1) is 0 Å². The molecule has 0 spiro atoms. The van der Waals surface area contributed by atoms with Crippen LogP contribution in [0.25, 0.3) is 0 Å². The van der Waals surface area contributed by atoms with E-state index in [9.17, 15) is 4.79 Å². The van der Waals surface area contributed by atoms with Gasteiger partial charge in [-0.2, -0.15) is 5.10 Å². The molecule has 1 N–H and O–H groups in total. The van der Waals surface area contributed by atoms with Gasteiger partial charge in [-0.3, -0.25) is 4.79 Å². The number of amides is 1. The lowest BCUT2D eigenvalue weighted by atomic mass is 10.1. The molecule has 0 unspecified atom stereocenters. The van der Waals surface area contributed by atoms with E-state index in [4.69, 9.17) is 0 Å². The van der Waals surface area contributed by atoms with Crippen molar-refractivity contribution in [2.24, 2.45) is 0 Å². The number of rotatable bonds is 5. The van der Waals surface area contributed by atoms with Gasteiger partial charge in [-0.05, 0) is 24.1 Å². The van der Waals surface area contributed by atoms with Gasteiger partial charge in [-0.25, -0.2) is 0 Å². The van der Waals surface area contributed by atoms with E-state index < -0.39 is 0 Å². The second-order valence-electron chi connectivity index (χ2n) is 7.03. The summed E-state index contributed by atoms with van der Waals surface area (Å²) in [4.78, 5) is 16.8. The molecule has 2 aliphatic heterocycles. The minimum Gasteiger partial charge on any atom is -0.348 e. The molecule has 2 atom stereocenters. The van der Waals surface area contributed by atoms with Crippen LogP contribution < -0.4 is 15.1 Å². The summed E-state index contributed by atoms with van der Waals surface area (Å²) in [6, 6.07) is 14.4. The Bertz CT molecular complexity index is 965. The average Bonchev–Trinajstić information content (AvgIpc) is 3.45. The first kappa shape index (κ1) is 17.1. The zero-order valence-electron chi connectivity index (χ0n) is 15.1. The highest BCUT2D eigenvalue weighted by Crippen LogP contribution is 2.38. The number of hydrogen-bond acceptors (Lipinski definition) is 8. The third-order valence-electron chi connectivity index (χ3n) is 5.21. The number of aromatic nitrogens is 4. The molecule has 4 heterocycles. The van der Waals surface area contributed by atoms with Crippen LogP contribution in [0.3, 0.4) is 0 Å². The lowest BCUT2D eigenvalue weighted by Gasteiger charge is -2.34. The predicted molar refractivity (Wildman–Crippen MR) is 108 cm³/mol. The minimum absolute atomic E-state index is 0.0781. The number of piperazine rings is 1. The van der Waals surface area contributed by atoms with E-state index in [1.54, 1.807) is 6.20 Å². The van der Waals surface area contributed by atoms with E-state index in [1.807, 2.05) is 42.5 Å². The first-order chi connectivity index (χ1) is 13.8. The van der Waals surface area contributed by atoms with E-state index in [-0.39, 0.29) is 5.91 Å². The normalized spacial score (nSPS) is 20.6. The molecule has 2 saturated heterocycles. The number of benzene rings is 1. The zero-order chi connectivity index (χ0) is 18.9. The molecule has 0 radical (unpaired) electrons. The fourth-order valence-electron chi connectivity index (χ4n) is 3.96. The van der Waals surface area contributed by atoms with Gasteiger partial charge >= 0.3 is 0 Å². The highest BCUT2D eigenvalue weighted by atomic mass is 32.1. The van der Waals surface area contributed by atoms with Gasteiger partial charge in [0, 0.05) is 19.3 Å². The Morgan fingerprint density at radius 1 is 1.04 bits per heavy atom. The highest BCUT2D eigenvalue weighted by molar-refractivity contribution is 7.19. The molecule has 2 fully saturated rings. The second-order valence-corrected chi connectivity index (χ2v) is 7.99. The maximum atomic E-state index is 12.2. The maximum Gasteiger partial charge on any atom is 0.230 e. The molecular weight excluding hydrogens is 374 g/mol. The standard InChI is InChI=1S/C19H19N7OS/c27-17(9-13-5-2-1-3-6-13)21-18-23-24-19(28-18)26-12-14-10-15(26)11-25(14)16-7-4-8-20-22-16/h1-8,14-15H,9-12H2,(H,21,23,27)/t14-,15-/m1/s1. The van der Waals surface area contributed by atoms with Crippen molar-refractivity contribution in [1.29, 1.82) is 0 Å². The fraction of sp³-hybridized carbons (Fsp3) is 0.316. The number of carbonyl (C=O) groups excluding carboxylic acids is 1. The highest BCUT2D eigenvalue weighted by Gasteiger charge is 2.45. The molecule has 1 amide bonds. The van der Waals surface area contributed by atoms with Gasteiger partial charge in [0.1, 0.15) is 0 Å². The number of carbonyl (C=O) groups is 1. The first-order valence-electron chi connectivity index (χ1n) is 9.24. The summed E-state index contributed by atoms with van der Waals surface area (Å²) < 4.78 is 0. The predicted octanol–water partition coefficient (Wildman–Crippen LogP) is 1.98. The molecule has 2 bridgehead atoms. The SMILES string of the molecule is O=C(Cc1ccccc1)Nc1nnc(N2C[C@H]3C[C@@H]2CN3c2cccnn2)s1. The van der Waals surface area contributed by atoms with E-state index in [0.717, 1.165) is 36.0 Å². The molecule has 9 heteroatoms. The van der Waals surface area contributed by atoms with Crippen molar-refractivity contribution in [3.8, 4) is 0 Å². The van der Waals surface area contributed by atoms with Crippen LogP contribution in [0.4, 0.5) is 16.1 Å². The van der Waals surface area contributed by atoms with Crippen LogP contribution in [-0.2, 0) is 11.2 Å². The molecule has 5 rings (SSSR count). The van der Waals surface area contributed by atoms with E-state index in [2.05, 4.69) is 35.5 Å². The molecule has 8 nitrogen and oxygen atoms in total. The van der Waals surface area contributed by atoms with Gasteiger partial charge in [-0.15, -0.1) is 15.3 Å². The van der Waals surface area contributed by atoms with Crippen molar-refractivity contribution >= 4 is 33.3 Å². The van der Waals surface area contributed by atoms with E-state index >= 15 is 0 Å². The minimum atomic E-state index is -0.0781. The van der Waals surface area contributed by atoms with Gasteiger partial charge in [-0.1, -0.05) is 41.7 Å². The molecule has 3 aromatic rings. The Hall–Kier alpha value is -3.07. The fourth-order valence-corrected chi connectivity index (χ4v) is 4.80. The number of nitrogens with zero attached hydrogens (tertiary/aromatic N) is 6. The Morgan fingerprint density at radius 2 is 1.86 bits per heavy atom. The van der Waals surface area contributed by atoms with Crippen molar-refractivity contribution in [2.75, 3.05) is 28.2 Å². The number of fused-ring (bicyclic) bond motifs is 2. The first-order valence-corrected chi connectivity index (χ1v) is 10.1. The Balaban J connectivity index is 1.21. The van der Waals surface area contributed by atoms with Crippen LogP contribution in [0.5, 0.6) is 0 Å². The Kier molecular flexibility index (Phi) is 4.36. The van der Waals surface area contributed by atoms with Crippen molar-refractivity contribution in [3.63, 3.8) is 0 Å². The zero-order valence-corrected chi connectivity index (χ0v) is 15.9. The lowest BCUT2D eigenvalue weighted by Crippen LogP contribution is -2.46. The van der Waals surface area contributed by atoms with Crippen LogP contribution in [0.2, 0.25) is 0 Å². The summed E-state index contributed by atoms with van der Waals surface area (Å²) in [5, 5.41) is 21.0. The van der Waals surface area contributed by atoms with Gasteiger partial charge in [0.2, 0.25) is 16.2 Å². The van der Waals surface area contributed by atoms with E-state index in [1.165, 1.54) is 11.3 Å². The molecular formula is C19H19N7OS. The Labute approximate surface area is 166 Å². The molecule has 28 heavy (non-hydrogen) atoms. The molecule has 142 valence electrons. The van der Waals surface area contributed by atoms with Gasteiger partial charge < -0.3 is 15.1 Å². The number of hydrogen-bond donors (Lipinski definition) is 1. The average molecular weight is 393 g/mol. The smallest absolute Gasteiger partial charge is 0.230 e. The summed E-state index contributed by atoms with van der Waals surface area (Å²) in [5.41, 5.74) is 0.977. The summed E-state index contributed by atoms with van der Waals surface area (Å²) in [7, 11) is 0. The van der Waals surface area contributed by atoms with Crippen molar-refractivity contribution < 1.29 is 4.79 Å².